The fourth-order valence-electron chi connectivity index (χ4n) is 2.82. The van der Waals surface area contributed by atoms with Gasteiger partial charge in [-0.25, -0.2) is 8.42 Å². The lowest BCUT2D eigenvalue weighted by molar-refractivity contribution is 0.102. The summed E-state index contributed by atoms with van der Waals surface area (Å²) < 4.78 is 32.6. The number of hydrogen-bond donors (Lipinski definition) is 3. The molecule has 0 unspecified atom stereocenters. The maximum Gasteiger partial charge on any atom is 0.267 e. The third kappa shape index (κ3) is 3.96. The molecule has 3 rings (SSSR count). The predicted octanol–water partition coefficient (Wildman–Crippen LogP) is 4.38. The number of nitrogens with zero attached hydrogens (tertiary/aromatic N) is 1. The Labute approximate surface area is 176 Å². The Bertz CT molecular complexity index is 1210. The van der Waals surface area contributed by atoms with E-state index in [0.717, 1.165) is 16.9 Å². The van der Waals surface area contributed by atoms with Crippen molar-refractivity contribution in [3.63, 3.8) is 0 Å². The molecule has 0 saturated heterocycles. The van der Waals surface area contributed by atoms with E-state index in [-0.39, 0.29) is 32.1 Å². The first-order valence-corrected chi connectivity index (χ1v) is 11.1. The van der Waals surface area contributed by atoms with Gasteiger partial charge >= 0.3 is 0 Å². The van der Waals surface area contributed by atoms with E-state index in [2.05, 4.69) is 15.2 Å². The summed E-state index contributed by atoms with van der Waals surface area (Å²) in [5, 5.41) is 17.9. The Hall–Kier alpha value is -2.56. The maximum absolute atomic E-state index is 12.8. The number of carbonyl (C=O) groups is 1. The molecule has 0 saturated carbocycles. The molecule has 0 bridgehead atoms. The molecule has 0 aliphatic carbocycles. The first-order valence-electron chi connectivity index (χ1n) is 8.36. The Morgan fingerprint density at radius 3 is 2.55 bits per heavy atom. The fraction of sp³-hybridized carbons (Fsp3) is 0.222. The smallest absolute Gasteiger partial charge is 0.267 e. The topological polar surface area (TPSA) is 122 Å². The molecule has 1 aromatic carbocycles. The number of aryl methyl sites for hydroxylation is 3. The fourth-order valence-corrected chi connectivity index (χ4v) is 5.32. The van der Waals surface area contributed by atoms with Gasteiger partial charge in [-0.1, -0.05) is 22.8 Å². The van der Waals surface area contributed by atoms with Crippen LogP contribution < -0.4 is 10.0 Å². The monoisotopic (exact) mass is 455 g/mol. The largest absolute Gasteiger partial charge is 0.507 e. The summed E-state index contributed by atoms with van der Waals surface area (Å²) >= 11 is 6.94. The Kier molecular flexibility index (Phi) is 5.61. The Morgan fingerprint density at radius 2 is 1.93 bits per heavy atom. The number of phenols is 1. The van der Waals surface area contributed by atoms with Gasteiger partial charge in [0.2, 0.25) is 5.82 Å². The van der Waals surface area contributed by atoms with Crippen molar-refractivity contribution in [3.05, 3.63) is 49.9 Å². The molecule has 0 aliphatic rings. The minimum atomic E-state index is -4.14. The van der Waals surface area contributed by atoms with Gasteiger partial charge < -0.3 is 14.9 Å². The van der Waals surface area contributed by atoms with Crippen LogP contribution in [0.4, 0.5) is 11.5 Å². The molecule has 154 valence electrons. The molecule has 2 heterocycles. The second kappa shape index (κ2) is 7.69. The number of benzene rings is 1. The highest BCUT2D eigenvalue weighted by Gasteiger charge is 2.27. The number of rotatable bonds is 5. The summed E-state index contributed by atoms with van der Waals surface area (Å²) in [5.74, 6) is -0.436. The van der Waals surface area contributed by atoms with Crippen molar-refractivity contribution in [1.82, 2.24) is 5.16 Å². The van der Waals surface area contributed by atoms with Crippen LogP contribution in [0.1, 0.15) is 32.1 Å². The summed E-state index contributed by atoms with van der Waals surface area (Å²) in [4.78, 5) is 12.6. The summed E-state index contributed by atoms with van der Waals surface area (Å²) in [6.07, 6.45) is 0. The maximum atomic E-state index is 12.8. The van der Waals surface area contributed by atoms with Crippen LogP contribution in [0.5, 0.6) is 5.75 Å². The quantitative estimate of drug-likeness (QED) is 0.524. The number of amides is 1. The molecule has 2 aromatic heterocycles. The van der Waals surface area contributed by atoms with Gasteiger partial charge in [0.25, 0.3) is 15.9 Å². The third-order valence-corrected chi connectivity index (χ3v) is 7.19. The average molecular weight is 456 g/mol. The van der Waals surface area contributed by atoms with Gasteiger partial charge in [0.15, 0.2) is 5.76 Å². The standard InChI is InChI=1S/C18H18ClN3O5S2/c1-8-7-9(2)15(23)10(3)14(8)20-18(24)16-12(5-6-28-16)29(25,26)22-17-13(19)11(4)27-21-17/h5-7,23H,1-4H3,(H,20,24)(H,21,22). The van der Waals surface area contributed by atoms with Crippen molar-refractivity contribution < 1.29 is 22.8 Å². The molecule has 0 atom stereocenters. The minimum absolute atomic E-state index is 0.0206. The van der Waals surface area contributed by atoms with Crippen molar-refractivity contribution in [2.45, 2.75) is 32.6 Å². The van der Waals surface area contributed by atoms with E-state index in [4.69, 9.17) is 16.1 Å². The second-order valence-electron chi connectivity index (χ2n) is 6.43. The number of halogens is 1. The van der Waals surface area contributed by atoms with Crippen molar-refractivity contribution in [2.24, 2.45) is 0 Å². The molecule has 3 N–H and O–H groups in total. The highest BCUT2D eigenvalue weighted by molar-refractivity contribution is 7.93. The number of hydrogen-bond acceptors (Lipinski definition) is 7. The Morgan fingerprint density at radius 1 is 1.24 bits per heavy atom. The van der Waals surface area contributed by atoms with E-state index < -0.39 is 15.9 Å². The van der Waals surface area contributed by atoms with E-state index in [9.17, 15) is 18.3 Å². The molecule has 0 spiro atoms. The number of phenolic OH excluding ortho intramolecular Hbond substituents is 1. The lowest BCUT2D eigenvalue weighted by Crippen LogP contribution is -2.19. The Balaban J connectivity index is 1.93. The van der Waals surface area contributed by atoms with Crippen LogP contribution in [-0.2, 0) is 10.0 Å². The van der Waals surface area contributed by atoms with E-state index in [1.165, 1.54) is 18.4 Å². The van der Waals surface area contributed by atoms with Crippen LogP contribution >= 0.6 is 22.9 Å². The van der Waals surface area contributed by atoms with Gasteiger partial charge in [0, 0.05) is 5.56 Å². The molecule has 8 nitrogen and oxygen atoms in total. The van der Waals surface area contributed by atoms with Crippen molar-refractivity contribution in [1.29, 1.82) is 0 Å². The average Bonchev–Trinajstić information content (AvgIpc) is 3.26. The predicted molar refractivity (Wildman–Crippen MR) is 112 cm³/mol. The lowest BCUT2D eigenvalue weighted by Gasteiger charge is -2.15. The molecular weight excluding hydrogens is 438 g/mol. The summed E-state index contributed by atoms with van der Waals surface area (Å²) in [6, 6.07) is 3.05. The van der Waals surface area contributed by atoms with Crippen LogP contribution in [0.25, 0.3) is 0 Å². The number of anilines is 2. The van der Waals surface area contributed by atoms with Gasteiger partial charge in [0.05, 0.1) is 5.69 Å². The van der Waals surface area contributed by atoms with E-state index in [1.54, 1.807) is 26.8 Å². The van der Waals surface area contributed by atoms with Crippen molar-refractivity contribution in [3.8, 4) is 5.75 Å². The lowest BCUT2D eigenvalue weighted by atomic mass is 10.0. The van der Waals surface area contributed by atoms with Gasteiger partial charge in [0.1, 0.15) is 20.5 Å². The number of thiophene rings is 1. The van der Waals surface area contributed by atoms with E-state index in [0.29, 0.717) is 16.8 Å². The summed E-state index contributed by atoms with van der Waals surface area (Å²) in [5.41, 5.74) is 2.36. The van der Waals surface area contributed by atoms with Crippen LogP contribution in [0, 0.1) is 27.7 Å². The molecular formula is C18H18ClN3O5S2. The summed E-state index contributed by atoms with van der Waals surface area (Å²) in [6.45, 7) is 6.76. The van der Waals surface area contributed by atoms with Crippen molar-refractivity contribution >= 4 is 50.4 Å². The van der Waals surface area contributed by atoms with Gasteiger partial charge in [-0.2, -0.15) is 0 Å². The zero-order valence-electron chi connectivity index (χ0n) is 16.0. The third-order valence-electron chi connectivity index (χ3n) is 4.32. The second-order valence-corrected chi connectivity index (χ2v) is 9.38. The van der Waals surface area contributed by atoms with Crippen LogP contribution in [0.3, 0.4) is 0 Å². The van der Waals surface area contributed by atoms with Crippen LogP contribution in [-0.4, -0.2) is 24.6 Å². The molecule has 1 amide bonds. The van der Waals surface area contributed by atoms with Crippen molar-refractivity contribution in [2.75, 3.05) is 10.0 Å². The van der Waals surface area contributed by atoms with E-state index >= 15 is 0 Å². The molecule has 29 heavy (non-hydrogen) atoms. The number of sulfonamides is 1. The molecule has 0 radical (unpaired) electrons. The summed E-state index contributed by atoms with van der Waals surface area (Å²) in [7, 11) is -4.14. The van der Waals surface area contributed by atoms with Gasteiger partial charge in [-0.05, 0) is 50.3 Å². The normalized spacial score (nSPS) is 11.5. The number of carbonyl (C=O) groups excluding carboxylic acids is 1. The van der Waals surface area contributed by atoms with Crippen LogP contribution in [0.15, 0.2) is 26.9 Å². The zero-order valence-corrected chi connectivity index (χ0v) is 18.3. The first-order chi connectivity index (χ1) is 13.5. The highest BCUT2D eigenvalue weighted by Crippen LogP contribution is 2.33. The SMILES string of the molecule is Cc1cc(C)c(NC(=O)c2sccc2S(=O)(=O)Nc2noc(C)c2Cl)c(C)c1O. The van der Waals surface area contributed by atoms with Gasteiger partial charge in [-0.3, -0.25) is 9.52 Å². The molecule has 0 fully saturated rings. The molecule has 0 aliphatic heterocycles. The van der Waals surface area contributed by atoms with E-state index in [1.807, 2.05) is 0 Å². The molecule has 3 aromatic rings. The molecule has 11 heteroatoms. The number of aromatic nitrogens is 1. The minimum Gasteiger partial charge on any atom is -0.507 e. The zero-order chi connectivity index (χ0) is 21.5. The van der Waals surface area contributed by atoms with Gasteiger partial charge in [-0.15, -0.1) is 11.3 Å². The van der Waals surface area contributed by atoms with Crippen LogP contribution in [0.2, 0.25) is 5.02 Å². The number of aromatic hydroxyl groups is 1. The first kappa shape index (κ1) is 21.2. The highest BCUT2D eigenvalue weighted by atomic mass is 35.5. The number of nitrogens with one attached hydrogen (secondary N) is 2.